The van der Waals surface area contributed by atoms with Gasteiger partial charge in [0.1, 0.15) is 12.4 Å². The summed E-state index contributed by atoms with van der Waals surface area (Å²) in [6.45, 7) is 5.84. The zero-order valence-electron chi connectivity index (χ0n) is 19.0. The van der Waals surface area contributed by atoms with Gasteiger partial charge in [-0.3, -0.25) is 4.90 Å². The number of esters is 1. The van der Waals surface area contributed by atoms with Gasteiger partial charge in [-0.15, -0.1) is 0 Å². The second-order valence-corrected chi connectivity index (χ2v) is 7.28. The van der Waals surface area contributed by atoms with E-state index in [4.69, 9.17) is 23.7 Å². The Labute approximate surface area is 192 Å². The van der Waals surface area contributed by atoms with Crippen molar-refractivity contribution in [1.82, 2.24) is 14.9 Å². The highest BCUT2D eigenvalue weighted by Crippen LogP contribution is 2.30. The molecule has 2 aromatic rings. The second kappa shape index (κ2) is 12.7. The first-order valence-corrected chi connectivity index (χ1v) is 10.9. The van der Waals surface area contributed by atoms with E-state index in [0.29, 0.717) is 38.4 Å². The molecule has 3 rings (SSSR count). The number of methoxy groups -OCH3 is 1. The highest BCUT2D eigenvalue weighted by Gasteiger charge is 2.27. The molecule has 1 aromatic heterocycles. The Hall–Kier alpha value is -3.24. The molecule has 33 heavy (non-hydrogen) atoms. The van der Waals surface area contributed by atoms with Gasteiger partial charge in [-0.2, -0.15) is 4.98 Å². The molecule has 10 heteroatoms. The van der Waals surface area contributed by atoms with E-state index in [-0.39, 0.29) is 30.5 Å². The minimum atomic E-state index is -0.973. The lowest BCUT2D eigenvalue weighted by molar-refractivity contribution is 0.0316. The molecule has 178 valence electrons. The minimum Gasteiger partial charge on any atom is -0.474 e. The molecular formula is C23H29N3O7. The maximum atomic E-state index is 12.5. The van der Waals surface area contributed by atoms with E-state index >= 15 is 0 Å². The quantitative estimate of drug-likeness (QED) is 0.492. The van der Waals surface area contributed by atoms with Crippen molar-refractivity contribution in [2.45, 2.75) is 19.8 Å². The van der Waals surface area contributed by atoms with E-state index in [9.17, 15) is 9.59 Å². The fraction of sp³-hybridized carbons (Fsp3) is 0.478. The molecule has 0 spiro atoms. The molecule has 1 aliphatic rings. The molecule has 0 bridgehead atoms. The Morgan fingerprint density at radius 3 is 2.55 bits per heavy atom. The smallest absolute Gasteiger partial charge is 0.474 e. The molecule has 0 N–H and O–H groups in total. The second-order valence-electron chi connectivity index (χ2n) is 7.28. The van der Waals surface area contributed by atoms with Crippen LogP contribution >= 0.6 is 0 Å². The van der Waals surface area contributed by atoms with E-state index < -0.39 is 12.1 Å². The van der Waals surface area contributed by atoms with Crippen molar-refractivity contribution >= 4 is 12.1 Å². The van der Waals surface area contributed by atoms with Gasteiger partial charge in [-0.25, -0.2) is 14.6 Å². The van der Waals surface area contributed by atoms with Crippen LogP contribution in [-0.4, -0.2) is 80.2 Å². The molecule has 0 saturated carbocycles. The molecule has 0 unspecified atom stereocenters. The Balaban J connectivity index is 1.88. The van der Waals surface area contributed by atoms with Crippen molar-refractivity contribution in [3.8, 4) is 11.6 Å². The monoisotopic (exact) mass is 459 g/mol. The van der Waals surface area contributed by atoms with Gasteiger partial charge < -0.3 is 23.7 Å². The normalized spacial score (nSPS) is 13.9. The van der Waals surface area contributed by atoms with Crippen LogP contribution < -0.4 is 9.47 Å². The van der Waals surface area contributed by atoms with E-state index in [2.05, 4.69) is 14.9 Å². The van der Waals surface area contributed by atoms with Gasteiger partial charge in [-0.05, 0) is 12.0 Å². The molecule has 0 radical (unpaired) electrons. The minimum absolute atomic E-state index is 0.0157. The van der Waals surface area contributed by atoms with Gasteiger partial charge in [0.05, 0.1) is 26.9 Å². The molecule has 0 aliphatic carbocycles. The van der Waals surface area contributed by atoms with E-state index in [0.717, 1.165) is 18.7 Å². The first-order valence-electron chi connectivity index (χ1n) is 10.9. The number of hydrogen-bond donors (Lipinski definition) is 0. The van der Waals surface area contributed by atoms with Gasteiger partial charge in [0, 0.05) is 26.1 Å². The number of hydrogen-bond acceptors (Lipinski definition) is 10. The molecular weight excluding hydrogens is 430 g/mol. The van der Waals surface area contributed by atoms with Crippen molar-refractivity contribution in [3.05, 3.63) is 47.4 Å². The third-order valence-electron chi connectivity index (χ3n) is 4.82. The highest BCUT2D eigenvalue weighted by molar-refractivity contribution is 5.91. The van der Waals surface area contributed by atoms with Crippen LogP contribution in [0.5, 0.6) is 11.6 Å². The molecule has 0 atom stereocenters. The van der Waals surface area contributed by atoms with Gasteiger partial charge in [0.15, 0.2) is 5.69 Å². The summed E-state index contributed by atoms with van der Waals surface area (Å²) >= 11 is 0. The predicted molar refractivity (Wildman–Crippen MR) is 118 cm³/mol. The summed E-state index contributed by atoms with van der Waals surface area (Å²) in [6.07, 6.45) is -0.000916. The van der Waals surface area contributed by atoms with Crippen molar-refractivity contribution in [2.75, 3.05) is 53.2 Å². The first kappa shape index (κ1) is 24.4. The van der Waals surface area contributed by atoms with E-state index in [1.165, 1.54) is 7.11 Å². The Bertz CT molecular complexity index is 918. The van der Waals surface area contributed by atoms with Crippen LogP contribution in [0.3, 0.4) is 0 Å². The third kappa shape index (κ3) is 7.40. The summed E-state index contributed by atoms with van der Waals surface area (Å²) in [7, 11) is 1.22. The SMILES string of the molecule is CCCOC(=O)Oc1c(OCCN2CCOCC2)nc(Cc2ccccc2)nc1C(=O)OC. The first-order chi connectivity index (χ1) is 16.1. The highest BCUT2D eigenvalue weighted by atomic mass is 16.7. The Morgan fingerprint density at radius 2 is 1.85 bits per heavy atom. The van der Waals surface area contributed by atoms with Crippen LogP contribution in [0.4, 0.5) is 4.79 Å². The fourth-order valence-corrected chi connectivity index (χ4v) is 3.15. The number of carbonyl (C=O) groups is 2. The van der Waals surface area contributed by atoms with Crippen LogP contribution in [0.15, 0.2) is 30.3 Å². The third-order valence-corrected chi connectivity index (χ3v) is 4.82. The summed E-state index contributed by atoms with van der Waals surface area (Å²) in [5, 5.41) is 0. The number of ether oxygens (including phenoxy) is 5. The lowest BCUT2D eigenvalue weighted by atomic mass is 10.1. The Kier molecular flexibility index (Phi) is 9.40. The van der Waals surface area contributed by atoms with Gasteiger partial charge in [-0.1, -0.05) is 37.3 Å². The van der Waals surface area contributed by atoms with Crippen LogP contribution in [0.2, 0.25) is 0 Å². The van der Waals surface area contributed by atoms with Gasteiger partial charge in [0.25, 0.3) is 5.88 Å². The summed E-state index contributed by atoms with van der Waals surface area (Å²) in [5.74, 6) is -0.680. The lowest BCUT2D eigenvalue weighted by Gasteiger charge is -2.26. The van der Waals surface area contributed by atoms with Crippen LogP contribution in [0.1, 0.15) is 35.2 Å². The van der Waals surface area contributed by atoms with Gasteiger partial charge in [0.2, 0.25) is 5.75 Å². The maximum Gasteiger partial charge on any atom is 0.514 e. The van der Waals surface area contributed by atoms with Gasteiger partial charge >= 0.3 is 12.1 Å². The average molecular weight is 459 g/mol. The number of morpholine rings is 1. The number of benzene rings is 1. The molecule has 1 aliphatic heterocycles. The zero-order valence-corrected chi connectivity index (χ0v) is 19.0. The van der Waals surface area contributed by atoms with Crippen LogP contribution in [0.25, 0.3) is 0 Å². The topological polar surface area (TPSA) is 109 Å². The number of nitrogens with zero attached hydrogens (tertiary/aromatic N) is 3. The lowest BCUT2D eigenvalue weighted by Crippen LogP contribution is -2.38. The maximum absolute atomic E-state index is 12.5. The van der Waals surface area contributed by atoms with E-state index in [1.54, 1.807) is 0 Å². The van der Waals surface area contributed by atoms with Crippen molar-refractivity contribution in [3.63, 3.8) is 0 Å². The molecule has 1 aromatic carbocycles. The Morgan fingerprint density at radius 1 is 1.09 bits per heavy atom. The molecule has 2 heterocycles. The fourth-order valence-electron chi connectivity index (χ4n) is 3.15. The van der Waals surface area contributed by atoms with Crippen molar-refractivity contribution < 1.29 is 33.3 Å². The standard InChI is InChI=1S/C23H29N3O7/c1-3-12-32-23(28)33-20-19(22(27)29-2)24-18(16-17-7-5-4-6-8-17)25-21(20)31-15-11-26-9-13-30-14-10-26/h4-8H,3,9-16H2,1-2H3. The molecule has 10 nitrogen and oxygen atoms in total. The van der Waals surface area contributed by atoms with Crippen LogP contribution in [-0.2, 0) is 20.6 Å². The summed E-state index contributed by atoms with van der Waals surface area (Å²) in [4.78, 5) is 35.6. The largest absolute Gasteiger partial charge is 0.514 e. The van der Waals surface area contributed by atoms with E-state index in [1.807, 2.05) is 37.3 Å². The van der Waals surface area contributed by atoms with Crippen molar-refractivity contribution in [2.24, 2.45) is 0 Å². The predicted octanol–water partition coefficient (Wildman–Crippen LogP) is 2.49. The van der Waals surface area contributed by atoms with Crippen molar-refractivity contribution in [1.29, 1.82) is 0 Å². The average Bonchev–Trinajstić information content (AvgIpc) is 2.84. The number of carbonyl (C=O) groups excluding carboxylic acids is 2. The molecule has 1 fully saturated rings. The number of rotatable bonds is 10. The zero-order chi connectivity index (χ0) is 23.5. The summed E-state index contributed by atoms with van der Waals surface area (Å²) < 4.78 is 26.4. The molecule has 1 saturated heterocycles. The molecule has 0 amide bonds. The summed E-state index contributed by atoms with van der Waals surface area (Å²) in [5.41, 5.74) is 0.747. The summed E-state index contributed by atoms with van der Waals surface area (Å²) in [6, 6.07) is 9.55. The van der Waals surface area contributed by atoms with Crippen LogP contribution in [0, 0.1) is 0 Å². The number of aromatic nitrogens is 2.